The van der Waals surface area contributed by atoms with Gasteiger partial charge in [0.1, 0.15) is 0 Å². The molecule has 8 heavy (non-hydrogen) atoms. The van der Waals surface area contributed by atoms with E-state index in [4.69, 9.17) is 0 Å². The fourth-order valence-corrected chi connectivity index (χ4v) is 0.869. The maximum atomic E-state index is 10.5. The van der Waals surface area contributed by atoms with Crippen molar-refractivity contribution in [3.63, 3.8) is 0 Å². The predicted molar refractivity (Wildman–Crippen MR) is 30.9 cm³/mol. The SMILES string of the molecule is CCn1s[c]nc1=O. The Kier molecular flexibility index (Phi) is 1.43. The summed E-state index contributed by atoms with van der Waals surface area (Å²) in [4.78, 5) is 13.9. The van der Waals surface area contributed by atoms with Gasteiger partial charge in [0.05, 0.1) is 0 Å². The van der Waals surface area contributed by atoms with Gasteiger partial charge in [0.25, 0.3) is 0 Å². The van der Waals surface area contributed by atoms with E-state index >= 15 is 0 Å². The Morgan fingerprint density at radius 1 is 2.00 bits per heavy atom. The first-order valence-corrected chi connectivity index (χ1v) is 3.06. The molecule has 0 aliphatic carbocycles. The van der Waals surface area contributed by atoms with Gasteiger partial charge >= 0.3 is 5.69 Å². The summed E-state index contributed by atoms with van der Waals surface area (Å²) in [6, 6.07) is 0. The van der Waals surface area contributed by atoms with Crippen molar-refractivity contribution in [2.45, 2.75) is 13.5 Å². The largest absolute Gasteiger partial charge is 0.358 e. The first-order valence-electron chi connectivity index (χ1n) is 2.28. The van der Waals surface area contributed by atoms with Crippen LogP contribution >= 0.6 is 11.5 Å². The van der Waals surface area contributed by atoms with Crippen LogP contribution in [0.25, 0.3) is 0 Å². The minimum Gasteiger partial charge on any atom is -0.246 e. The molecule has 0 fully saturated rings. The summed E-state index contributed by atoms with van der Waals surface area (Å²) >= 11 is 1.22. The molecule has 0 saturated carbocycles. The Labute approximate surface area is 50.8 Å². The molecule has 1 radical (unpaired) electrons. The van der Waals surface area contributed by atoms with Crippen LogP contribution in [0.4, 0.5) is 0 Å². The highest BCUT2D eigenvalue weighted by Gasteiger charge is 1.91. The third kappa shape index (κ3) is 0.790. The number of aromatic nitrogens is 2. The average molecular weight is 129 g/mol. The van der Waals surface area contributed by atoms with Crippen molar-refractivity contribution in [1.29, 1.82) is 0 Å². The average Bonchev–Trinajstić information content (AvgIpc) is 2.14. The maximum absolute atomic E-state index is 10.5. The summed E-state index contributed by atoms with van der Waals surface area (Å²) in [5.74, 6) is 0. The van der Waals surface area contributed by atoms with Gasteiger partial charge in [-0.2, -0.15) is 4.98 Å². The van der Waals surface area contributed by atoms with Gasteiger partial charge in [-0.3, -0.25) is 0 Å². The minimum atomic E-state index is -0.197. The normalized spacial score (nSPS) is 9.62. The van der Waals surface area contributed by atoms with Gasteiger partial charge in [-0.05, 0) is 18.5 Å². The highest BCUT2D eigenvalue weighted by atomic mass is 32.1. The second kappa shape index (κ2) is 2.09. The van der Waals surface area contributed by atoms with Crippen molar-refractivity contribution < 1.29 is 0 Å². The summed E-state index contributed by atoms with van der Waals surface area (Å²) in [5.41, 5.74) is 2.29. The lowest BCUT2D eigenvalue weighted by Gasteiger charge is -1.84. The molecule has 3 nitrogen and oxygen atoms in total. The predicted octanol–water partition coefficient (Wildman–Crippen LogP) is 0.125. The van der Waals surface area contributed by atoms with Crippen LogP contribution in [-0.2, 0) is 6.54 Å². The van der Waals surface area contributed by atoms with Crippen LogP contribution in [0.3, 0.4) is 0 Å². The van der Waals surface area contributed by atoms with Gasteiger partial charge in [0, 0.05) is 6.54 Å². The van der Waals surface area contributed by atoms with Crippen molar-refractivity contribution >= 4 is 11.5 Å². The third-order valence-electron chi connectivity index (χ3n) is 0.793. The molecule has 1 heterocycles. The van der Waals surface area contributed by atoms with Gasteiger partial charge in [0.2, 0.25) is 0 Å². The van der Waals surface area contributed by atoms with Crippen LogP contribution in [0.2, 0.25) is 0 Å². The van der Waals surface area contributed by atoms with E-state index in [0.29, 0.717) is 6.54 Å². The number of hydrogen-bond acceptors (Lipinski definition) is 3. The lowest BCUT2D eigenvalue weighted by molar-refractivity contribution is 0.788. The molecule has 0 aromatic carbocycles. The summed E-state index contributed by atoms with van der Waals surface area (Å²) in [5, 5.41) is 0. The van der Waals surface area contributed by atoms with E-state index in [1.165, 1.54) is 15.5 Å². The fourth-order valence-electron chi connectivity index (χ4n) is 0.403. The zero-order chi connectivity index (χ0) is 5.98. The molecular formula is C4H5N2OS. The molecule has 0 spiro atoms. The van der Waals surface area contributed by atoms with Crippen molar-refractivity contribution in [3.05, 3.63) is 16.0 Å². The van der Waals surface area contributed by atoms with E-state index in [9.17, 15) is 4.79 Å². The Hall–Kier alpha value is -0.640. The van der Waals surface area contributed by atoms with E-state index in [1.54, 1.807) is 0 Å². The van der Waals surface area contributed by atoms with E-state index < -0.39 is 0 Å². The number of aryl methyl sites for hydroxylation is 1. The fraction of sp³-hybridized carbons (Fsp3) is 0.500. The van der Waals surface area contributed by atoms with Gasteiger partial charge in [-0.1, -0.05) is 0 Å². The van der Waals surface area contributed by atoms with Crippen molar-refractivity contribution in [2.75, 3.05) is 0 Å². The van der Waals surface area contributed by atoms with E-state index in [1.807, 2.05) is 6.92 Å². The summed E-state index contributed by atoms with van der Waals surface area (Å²) in [6.45, 7) is 2.59. The topological polar surface area (TPSA) is 34.9 Å². The molecule has 0 bridgehead atoms. The third-order valence-corrected chi connectivity index (χ3v) is 1.60. The standard InChI is InChI=1S/C4H5N2OS/c1-2-6-4(7)5-3-8-6/h2H2,1H3. The molecule has 0 unspecified atom stereocenters. The Morgan fingerprint density at radius 3 is 3.00 bits per heavy atom. The van der Waals surface area contributed by atoms with E-state index in [2.05, 4.69) is 10.5 Å². The first-order chi connectivity index (χ1) is 3.84. The molecule has 0 amide bonds. The molecule has 0 aliphatic heterocycles. The lowest BCUT2D eigenvalue weighted by atomic mass is 10.8. The zero-order valence-corrected chi connectivity index (χ0v) is 5.23. The Bertz CT molecular complexity index is 214. The highest BCUT2D eigenvalue weighted by Crippen LogP contribution is 1.84. The summed E-state index contributed by atoms with van der Waals surface area (Å²) in [7, 11) is 0. The Morgan fingerprint density at radius 2 is 2.75 bits per heavy atom. The van der Waals surface area contributed by atoms with Crippen LogP contribution in [0.15, 0.2) is 4.79 Å². The monoisotopic (exact) mass is 129 g/mol. The number of hydrogen-bond donors (Lipinski definition) is 0. The molecule has 1 aromatic heterocycles. The van der Waals surface area contributed by atoms with Crippen LogP contribution in [0.5, 0.6) is 0 Å². The number of rotatable bonds is 1. The molecule has 1 rings (SSSR count). The Balaban J connectivity index is 3.11. The highest BCUT2D eigenvalue weighted by molar-refractivity contribution is 7.03. The quantitative estimate of drug-likeness (QED) is 0.540. The van der Waals surface area contributed by atoms with Crippen molar-refractivity contribution in [2.24, 2.45) is 0 Å². The van der Waals surface area contributed by atoms with Crippen LogP contribution in [0, 0.1) is 5.51 Å². The van der Waals surface area contributed by atoms with Gasteiger partial charge in [-0.15, -0.1) is 0 Å². The second-order valence-corrected chi connectivity index (χ2v) is 2.08. The van der Waals surface area contributed by atoms with Crippen molar-refractivity contribution in [3.8, 4) is 0 Å². The molecule has 0 aliphatic rings. The smallest absolute Gasteiger partial charge is 0.246 e. The molecule has 0 saturated heterocycles. The van der Waals surface area contributed by atoms with Crippen molar-refractivity contribution in [1.82, 2.24) is 8.94 Å². The maximum Gasteiger partial charge on any atom is 0.358 e. The van der Waals surface area contributed by atoms with Gasteiger partial charge in [-0.25, -0.2) is 8.75 Å². The van der Waals surface area contributed by atoms with Crippen LogP contribution < -0.4 is 5.69 Å². The zero-order valence-electron chi connectivity index (χ0n) is 4.42. The number of nitrogens with zero attached hydrogens (tertiary/aromatic N) is 2. The first kappa shape index (κ1) is 5.50. The summed E-state index contributed by atoms with van der Waals surface area (Å²) < 4.78 is 1.53. The lowest BCUT2D eigenvalue weighted by Crippen LogP contribution is -2.12. The summed E-state index contributed by atoms with van der Waals surface area (Å²) in [6.07, 6.45) is 0. The molecule has 43 valence electrons. The second-order valence-electron chi connectivity index (χ2n) is 1.27. The van der Waals surface area contributed by atoms with E-state index in [0.717, 1.165) is 0 Å². The van der Waals surface area contributed by atoms with E-state index in [-0.39, 0.29) is 5.69 Å². The van der Waals surface area contributed by atoms with Crippen LogP contribution in [-0.4, -0.2) is 8.94 Å². The molecule has 0 N–H and O–H groups in total. The van der Waals surface area contributed by atoms with Crippen LogP contribution in [0.1, 0.15) is 6.92 Å². The minimum absolute atomic E-state index is 0.197. The molecule has 1 aromatic rings. The molecular weight excluding hydrogens is 124 g/mol. The molecule has 0 atom stereocenters. The molecule has 4 heteroatoms. The van der Waals surface area contributed by atoms with Gasteiger partial charge in [0.15, 0.2) is 5.51 Å². The van der Waals surface area contributed by atoms with Gasteiger partial charge < -0.3 is 0 Å².